The second-order valence-electron chi connectivity index (χ2n) is 5.38. The highest BCUT2D eigenvalue weighted by Crippen LogP contribution is 2.17. The average molecular weight is 342 g/mol. The van der Waals surface area contributed by atoms with Crippen molar-refractivity contribution in [3.8, 4) is 0 Å². The van der Waals surface area contributed by atoms with Gasteiger partial charge in [0.05, 0.1) is 5.25 Å². The van der Waals surface area contributed by atoms with Gasteiger partial charge in [-0.15, -0.1) is 0 Å². The Labute approximate surface area is 138 Å². The molecule has 5 nitrogen and oxygen atoms in total. The van der Waals surface area contributed by atoms with E-state index >= 15 is 0 Å². The van der Waals surface area contributed by atoms with Crippen molar-refractivity contribution in [3.63, 3.8) is 0 Å². The van der Waals surface area contributed by atoms with Gasteiger partial charge in [-0.1, -0.05) is 57.5 Å². The normalized spacial score (nSPS) is 13.9. The lowest BCUT2D eigenvalue weighted by atomic mass is 10.0. The number of benzene rings is 1. The average Bonchev–Trinajstić information content (AvgIpc) is 2.50. The largest absolute Gasteiger partial charge is 0.478 e. The van der Waals surface area contributed by atoms with Crippen molar-refractivity contribution in [3.05, 3.63) is 42.0 Å². The summed E-state index contributed by atoms with van der Waals surface area (Å²) in [7, 11) is -3.82. The SMILES string of the molecule is CCC(C)CC(CC)S(=O)(=O)O.O=C(O)C=Cc1ccccc1. The van der Waals surface area contributed by atoms with E-state index in [0.717, 1.165) is 18.1 Å². The molecule has 0 aliphatic rings. The molecular formula is C17H26O5S. The predicted molar refractivity (Wildman–Crippen MR) is 92.8 cm³/mol. The molecule has 0 bridgehead atoms. The number of aliphatic carboxylic acids is 1. The number of carboxylic acids is 1. The topological polar surface area (TPSA) is 91.7 Å². The van der Waals surface area contributed by atoms with Crippen LogP contribution in [0.5, 0.6) is 0 Å². The zero-order valence-electron chi connectivity index (χ0n) is 13.8. The van der Waals surface area contributed by atoms with Gasteiger partial charge in [-0.2, -0.15) is 8.42 Å². The molecule has 0 radical (unpaired) electrons. The molecule has 0 aliphatic carbocycles. The highest BCUT2D eigenvalue weighted by atomic mass is 32.2. The van der Waals surface area contributed by atoms with E-state index in [1.165, 1.54) is 0 Å². The lowest BCUT2D eigenvalue weighted by Gasteiger charge is -2.15. The van der Waals surface area contributed by atoms with E-state index < -0.39 is 21.3 Å². The van der Waals surface area contributed by atoms with Gasteiger partial charge in [-0.05, 0) is 30.4 Å². The minimum atomic E-state index is -3.82. The standard InChI is InChI=1S/C9H8O2.C8H18O3S/c10-9(11)7-6-8-4-2-1-3-5-8;1-4-7(3)6-8(5-2)12(9,10)11/h1-7H,(H,10,11);7-8H,4-6H2,1-3H3,(H,9,10,11). The van der Waals surface area contributed by atoms with Crippen molar-refractivity contribution in [2.75, 3.05) is 0 Å². The highest BCUT2D eigenvalue weighted by molar-refractivity contribution is 7.86. The van der Waals surface area contributed by atoms with E-state index in [1.54, 1.807) is 13.0 Å². The first-order chi connectivity index (χ1) is 10.7. The smallest absolute Gasteiger partial charge is 0.328 e. The van der Waals surface area contributed by atoms with Crippen molar-refractivity contribution in [2.24, 2.45) is 5.92 Å². The van der Waals surface area contributed by atoms with Gasteiger partial charge in [-0.3, -0.25) is 4.55 Å². The zero-order chi connectivity index (χ0) is 17.9. The van der Waals surface area contributed by atoms with Crippen LogP contribution in [-0.4, -0.2) is 29.3 Å². The number of hydrogen-bond donors (Lipinski definition) is 2. The Hall–Kier alpha value is -1.66. The lowest BCUT2D eigenvalue weighted by Crippen LogP contribution is -2.21. The van der Waals surface area contributed by atoms with Crippen LogP contribution in [0.1, 0.15) is 45.6 Å². The van der Waals surface area contributed by atoms with Gasteiger partial charge < -0.3 is 5.11 Å². The molecule has 6 heteroatoms. The summed E-state index contributed by atoms with van der Waals surface area (Å²) in [6, 6.07) is 9.31. The van der Waals surface area contributed by atoms with Crippen LogP contribution in [0.2, 0.25) is 0 Å². The Balaban J connectivity index is 0.000000422. The van der Waals surface area contributed by atoms with Gasteiger partial charge in [0.2, 0.25) is 0 Å². The Morgan fingerprint density at radius 2 is 1.74 bits per heavy atom. The van der Waals surface area contributed by atoms with E-state index in [2.05, 4.69) is 0 Å². The van der Waals surface area contributed by atoms with E-state index in [-0.39, 0.29) is 0 Å². The summed E-state index contributed by atoms with van der Waals surface area (Å²) in [5.74, 6) is -0.564. The molecule has 0 saturated heterocycles. The predicted octanol–water partition coefficient (Wildman–Crippen LogP) is 3.87. The van der Waals surface area contributed by atoms with Crippen LogP contribution in [0, 0.1) is 5.92 Å². The van der Waals surface area contributed by atoms with E-state index in [0.29, 0.717) is 18.8 Å². The molecule has 0 aromatic heterocycles. The second kappa shape index (κ2) is 11.0. The minimum absolute atomic E-state index is 0.358. The maximum atomic E-state index is 10.8. The number of rotatable bonds is 7. The van der Waals surface area contributed by atoms with Gasteiger partial charge in [0, 0.05) is 6.08 Å². The fraction of sp³-hybridized carbons (Fsp3) is 0.471. The van der Waals surface area contributed by atoms with Gasteiger partial charge in [0.1, 0.15) is 0 Å². The van der Waals surface area contributed by atoms with Crippen molar-refractivity contribution in [1.82, 2.24) is 0 Å². The Kier molecular flexibility index (Phi) is 10.2. The molecule has 1 aromatic rings. The zero-order valence-corrected chi connectivity index (χ0v) is 14.7. The third-order valence-corrected chi connectivity index (χ3v) is 4.82. The molecule has 0 amide bonds. The van der Waals surface area contributed by atoms with Gasteiger partial charge in [0.15, 0.2) is 0 Å². The van der Waals surface area contributed by atoms with Crippen molar-refractivity contribution in [2.45, 2.75) is 45.3 Å². The third kappa shape index (κ3) is 10.7. The molecule has 0 heterocycles. The quantitative estimate of drug-likeness (QED) is 0.579. The van der Waals surface area contributed by atoms with E-state index in [9.17, 15) is 13.2 Å². The van der Waals surface area contributed by atoms with Gasteiger partial charge in [-0.25, -0.2) is 4.79 Å². The van der Waals surface area contributed by atoms with Crippen LogP contribution in [0.4, 0.5) is 0 Å². The Morgan fingerprint density at radius 3 is 2.13 bits per heavy atom. The maximum Gasteiger partial charge on any atom is 0.328 e. The van der Waals surface area contributed by atoms with Crippen molar-refractivity contribution < 1.29 is 22.9 Å². The molecule has 2 unspecified atom stereocenters. The van der Waals surface area contributed by atoms with E-state index in [1.807, 2.05) is 44.2 Å². The van der Waals surface area contributed by atoms with Crippen molar-refractivity contribution >= 4 is 22.2 Å². The molecule has 0 saturated carbocycles. The highest BCUT2D eigenvalue weighted by Gasteiger charge is 2.22. The lowest BCUT2D eigenvalue weighted by molar-refractivity contribution is -0.131. The van der Waals surface area contributed by atoms with Crippen molar-refractivity contribution in [1.29, 1.82) is 0 Å². The van der Waals surface area contributed by atoms with Crippen LogP contribution >= 0.6 is 0 Å². The monoisotopic (exact) mass is 342 g/mol. The minimum Gasteiger partial charge on any atom is -0.478 e. The Morgan fingerprint density at radius 1 is 1.17 bits per heavy atom. The molecule has 2 N–H and O–H groups in total. The molecule has 2 atom stereocenters. The summed E-state index contributed by atoms with van der Waals surface area (Å²) >= 11 is 0. The summed E-state index contributed by atoms with van der Waals surface area (Å²) < 4.78 is 30.3. The summed E-state index contributed by atoms with van der Waals surface area (Å²) in [4.78, 5) is 10.1. The summed E-state index contributed by atoms with van der Waals surface area (Å²) in [6.45, 7) is 5.79. The first kappa shape index (κ1) is 21.3. The number of carboxylic acid groups (broad SMARTS) is 1. The molecule has 1 rings (SSSR count). The van der Waals surface area contributed by atoms with Crippen LogP contribution in [0.25, 0.3) is 6.08 Å². The first-order valence-electron chi connectivity index (χ1n) is 7.63. The summed E-state index contributed by atoms with van der Waals surface area (Å²) in [5.41, 5.74) is 0.898. The van der Waals surface area contributed by atoms with E-state index in [4.69, 9.17) is 9.66 Å². The molecular weight excluding hydrogens is 316 g/mol. The van der Waals surface area contributed by atoms with Crippen LogP contribution in [0.15, 0.2) is 36.4 Å². The summed E-state index contributed by atoms with van der Waals surface area (Å²) in [6.07, 6.45) is 4.68. The molecule has 0 fully saturated rings. The molecule has 0 aliphatic heterocycles. The second-order valence-corrected chi connectivity index (χ2v) is 7.07. The van der Waals surface area contributed by atoms with Gasteiger partial charge in [0.25, 0.3) is 10.1 Å². The molecule has 23 heavy (non-hydrogen) atoms. The molecule has 1 aromatic carbocycles. The molecule has 0 spiro atoms. The first-order valence-corrected chi connectivity index (χ1v) is 9.13. The Bertz CT molecular complexity index is 578. The molecule has 130 valence electrons. The maximum absolute atomic E-state index is 10.8. The fourth-order valence-corrected chi connectivity index (χ4v) is 2.84. The van der Waals surface area contributed by atoms with Crippen LogP contribution < -0.4 is 0 Å². The van der Waals surface area contributed by atoms with Gasteiger partial charge >= 0.3 is 5.97 Å². The summed E-state index contributed by atoms with van der Waals surface area (Å²) in [5, 5.41) is 7.71. The number of hydrogen-bond acceptors (Lipinski definition) is 3. The number of carbonyl (C=O) groups is 1. The third-order valence-electron chi connectivity index (χ3n) is 3.46. The fourth-order valence-electron chi connectivity index (χ4n) is 1.85. The van der Waals surface area contributed by atoms with Crippen LogP contribution in [-0.2, 0) is 14.9 Å². The van der Waals surface area contributed by atoms with Crippen LogP contribution in [0.3, 0.4) is 0 Å².